The lowest BCUT2D eigenvalue weighted by atomic mass is 10.1. The number of hydrogen-bond donors (Lipinski definition) is 2. The maximum Gasteiger partial charge on any atom is 0.335 e. The van der Waals surface area contributed by atoms with Gasteiger partial charge in [-0.05, 0) is 61.4 Å². The summed E-state index contributed by atoms with van der Waals surface area (Å²) in [6.45, 7) is 3.67. The maximum absolute atomic E-state index is 13.1. The summed E-state index contributed by atoms with van der Waals surface area (Å²) >= 11 is 0. The zero-order chi connectivity index (χ0) is 24.9. The van der Waals surface area contributed by atoms with E-state index >= 15 is 0 Å². The number of urea groups is 1. The van der Waals surface area contributed by atoms with Crippen LogP contribution >= 0.6 is 0 Å². The molecule has 1 fully saturated rings. The Kier molecular flexibility index (Phi) is 6.73. The van der Waals surface area contributed by atoms with Gasteiger partial charge in [0.25, 0.3) is 17.7 Å². The Bertz CT molecular complexity index is 1350. The Morgan fingerprint density at radius 1 is 0.943 bits per heavy atom. The number of aryl methyl sites for hydroxylation is 2. The Hall–Kier alpha value is -4.72. The summed E-state index contributed by atoms with van der Waals surface area (Å²) in [5.41, 5.74) is 3.35. The van der Waals surface area contributed by atoms with Gasteiger partial charge in [-0.1, -0.05) is 42.5 Å². The van der Waals surface area contributed by atoms with Crippen LogP contribution in [0.3, 0.4) is 0 Å². The van der Waals surface area contributed by atoms with E-state index in [0.29, 0.717) is 22.7 Å². The topological polar surface area (TPSA) is 105 Å². The number of carbonyl (C=O) groups is 4. The van der Waals surface area contributed by atoms with Gasteiger partial charge < -0.3 is 10.1 Å². The zero-order valence-corrected chi connectivity index (χ0v) is 19.2. The number of nitrogens with one attached hydrogen (secondary N) is 2. The van der Waals surface area contributed by atoms with Crippen molar-refractivity contribution in [3.05, 3.63) is 95.1 Å². The number of carbonyl (C=O) groups excluding carboxylic acids is 4. The highest BCUT2D eigenvalue weighted by Crippen LogP contribution is 2.25. The summed E-state index contributed by atoms with van der Waals surface area (Å²) in [5, 5.41) is 4.97. The van der Waals surface area contributed by atoms with Crippen molar-refractivity contribution < 1.29 is 23.9 Å². The van der Waals surface area contributed by atoms with Gasteiger partial charge in [0.2, 0.25) is 0 Å². The summed E-state index contributed by atoms with van der Waals surface area (Å²) < 4.78 is 5.69. The molecule has 35 heavy (non-hydrogen) atoms. The molecule has 1 aliphatic heterocycles. The largest absolute Gasteiger partial charge is 0.483 e. The second-order valence-corrected chi connectivity index (χ2v) is 7.97. The molecule has 3 aromatic carbocycles. The van der Waals surface area contributed by atoms with Crippen LogP contribution in [0.1, 0.15) is 16.7 Å². The van der Waals surface area contributed by atoms with Gasteiger partial charge >= 0.3 is 6.03 Å². The number of hydrogen-bond acceptors (Lipinski definition) is 5. The van der Waals surface area contributed by atoms with E-state index in [1.165, 1.54) is 6.08 Å². The minimum Gasteiger partial charge on any atom is -0.483 e. The van der Waals surface area contributed by atoms with Crippen LogP contribution in [0.2, 0.25) is 0 Å². The number of para-hydroxylation sites is 2. The summed E-state index contributed by atoms with van der Waals surface area (Å²) in [4.78, 5) is 51.2. The van der Waals surface area contributed by atoms with E-state index in [9.17, 15) is 19.2 Å². The Morgan fingerprint density at radius 3 is 2.40 bits per heavy atom. The van der Waals surface area contributed by atoms with E-state index in [4.69, 9.17) is 4.74 Å². The number of anilines is 2. The third kappa shape index (κ3) is 5.27. The second kappa shape index (κ2) is 10.0. The molecule has 1 saturated heterocycles. The van der Waals surface area contributed by atoms with Gasteiger partial charge in [-0.25, -0.2) is 9.69 Å². The van der Waals surface area contributed by atoms with Gasteiger partial charge in [-0.15, -0.1) is 0 Å². The van der Waals surface area contributed by atoms with Gasteiger partial charge in [0.1, 0.15) is 11.3 Å². The molecule has 0 unspecified atom stereocenters. The first-order valence-electron chi connectivity index (χ1n) is 10.9. The summed E-state index contributed by atoms with van der Waals surface area (Å²) in [6, 6.07) is 19.8. The third-order valence-electron chi connectivity index (χ3n) is 5.48. The quantitative estimate of drug-likeness (QED) is 0.420. The molecular weight excluding hydrogens is 446 g/mol. The molecule has 2 N–H and O–H groups in total. The van der Waals surface area contributed by atoms with Crippen LogP contribution in [0.5, 0.6) is 5.75 Å². The number of rotatable bonds is 6. The van der Waals surface area contributed by atoms with Crippen LogP contribution in [0.25, 0.3) is 6.08 Å². The molecular formula is C27H23N3O5. The number of benzene rings is 3. The lowest BCUT2D eigenvalue weighted by Crippen LogP contribution is -2.54. The molecule has 0 spiro atoms. The molecule has 1 heterocycles. The lowest BCUT2D eigenvalue weighted by molar-refractivity contribution is -0.122. The molecule has 0 aromatic heterocycles. The van der Waals surface area contributed by atoms with Gasteiger partial charge in [0, 0.05) is 11.3 Å². The molecule has 176 valence electrons. The molecule has 0 radical (unpaired) electrons. The predicted octanol–water partition coefficient (Wildman–Crippen LogP) is 3.99. The van der Waals surface area contributed by atoms with Crippen molar-refractivity contribution >= 4 is 41.2 Å². The number of amides is 5. The minimum atomic E-state index is -0.823. The molecule has 3 aromatic rings. The molecule has 8 nitrogen and oxygen atoms in total. The van der Waals surface area contributed by atoms with Crippen molar-refractivity contribution in [2.45, 2.75) is 13.8 Å². The molecule has 8 heteroatoms. The average molecular weight is 469 g/mol. The molecule has 4 rings (SSSR count). The predicted molar refractivity (Wildman–Crippen MR) is 132 cm³/mol. The zero-order valence-electron chi connectivity index (χ0n) is 19.2. The monoisotopic (exact) mass is 469 g/mol. The van der Waals surface area contributed by atoms with Crippen molar-refractivity contribution in [2.75, 3.05) is 16.8 Å². The summed E-state index contributed by atoms with van der Waals surface area (Å²) in [7, 11) is 0. The fourth-order valence-corrected chi connectivity index (χ4v) is 3.52. The molecule has 0 saturated carbocycles. The summed E-state index contributed by atoms with van der Waals surface area (Å²) in [5.74, 6) is -1.62. The van der Waals surface area contributed by atoms with Gasteiger partial charge in [0.05, 0.1) is 5.69 Å². The number of ether oxygens (including phenoxy) is 1. The van der Waals surface area contributed by atoms with E-state index in [1.54, 1.807) is 54.6 Å². The van der Waals surface area contributed by atoms with Crippen molar-refractivity contribution in [3.8, 4) is 5.75 Å². The van der Waals surface area contributed by atoms with Crippen LogP contribution in [-0.2, 0) is 14.4 Å². The highest BCUT2D eigenvalue weighted by atomic mass is 16.5. The maximum atomic E-state index is 13.1. The first kappa shape index (κ1) is 23.4. The van der Waals surface area contributed by atoms with E-state index in [-0.39, 0.29) is 18.1 Å². The molecule has 5 amide bonds. The van der Waals surface area contributed by atoms with Crippen molar-refractivity contribution in [3.63, 3.8) is 0 Å². The molecule has 0 aliphatic carbocycles. The highest BCUT2D eigenvalue weighted by molar-refractivity contribution is 6.39. The summed E-state index contributed by atoms with van der Waals surface area (Å²) in [6.07, 6.45) is 1.34. The Morgan fingerprint density at radius 2 is 1.66 bits per heavy atom. The first-order valence-corrected chi connectivity index (χ1v) is 10.9. The van der Waals surface area contributed by atoms with E-state index in [1.807, 2.05) is 32.0 Å². The standard InChI is InChI=1S/C27H23N3O5/c1-17-12-13-20(14-18(17)2)28-24(31)16-35-23-11-7-6-8-19(23)15-22-25(32)29-27(34)30(26(22)33)21-9-4-3-5-10-21/h3-15H,16H2,1-2H3,(H,28,31)(H,29,32,34)/b22-15-. The molecule has 0 atom stereocenters. The van der Waals surface area contributed by atoms with Crippen LogP contribution in [0.4, 0.5) is 16.2 Å². The smallest absolute Gasteiger partial charge is 0.335 e. The fourth-order valence-electron chi connectivity index (χ4n) is 3.52. The van der Waals surface area contributed by atoms with Gasteiger partial charge in [0.15, 0.2) is 6.61 Å². The van der Waals surface area contributed by atoms with E-state index in [0.717, 1.165) is 16.0 Å². The van der Waals surface area contributed by atoms with Crippen LogP contribution < -0.4 is 20.3 Å². The van der Waals surface area contributed by atoms with E-state index in [2.05, 4.69) is 10.6 Å². The van der Waals surface area contributed by atoms with Crippen LogP contribution in [0.15, 0.2) is 78.4 Å². The molecule has 1 aliphatic rings. The third-order valence-corrected chi connectivity index (χ3v) is 5.48. The average Bonchev–Trinajstić information content (AvgIpc) is 2.84. The second-order valence-electron chi connectivity index (χ2n) is 7.97. The van der Waals surface area contributed by atoms with Gasteiger partial charge in [-0.2, -0.15) is 0 Å². The van der Waals surface area contributed by atoms with Crippen molar-refractivity contribution in [1.29, 1.82) is 0 Å². The van der Waals surface area contributed by atoms with Crippen molar-refractivity contribution in [1.82, 2.24) is 5.32 Å². The Labute approximate surface area is 202 Å². The van der Waals surface area contributed by atoms with Crippen molar-refractivity contribution in [2.24, 2.45) is 0 Å². The lowest BCUT2D eigenvalue weighted by Gasteiger charge is -2.26. The minimum absolute atomic E-state index is 0.232. The SMILES string of the molecule is Cc1ccc(NC(=O)COc2ccccc2/C=C2/C(=O)NC(=O)N(c3ccccc3)C2=O)cc1C. The number of imide groups is 2. The first-order chi connectivity index (χ1) is 16.8. The van der Waals surface area contributed by atoms with Crippen LogP contribution in [0, 0.1) is 13.8 Å². The van der Waals surface area contributed by atoms with E-state index < -0.39 is 17.8 Å². The Balaban J connectivity index is 1.53. The van der Waals surface area contributed by atoms with Gasteiger partial charge in [-0.3, -0.25) is 19.7 Å². The fraction of sp³-hybridized carbons (Fsp3) is 0.111. The number of nitrogens with zero attached hydrogens (tertiary/aromatic N) is 1. The molecule has 0 bridgehead atoms. The van der Waals surface area contributed by atoms with Crippen LogP contribution in [-0.4, -0.2) is 30.4 Å². The highest BCUT2D eigenvalue weighted by Gasteiger charge is 2.36. The normalized spacial score (nSPS) is 14.6. The number of barbiturate groups is 1.